The Morgan fingerprint density at radius 1 is 1.59 bits per heavy atom. The van der Waals surface area contributed by atoms with Gasteiger partial charge in [0.1, 0.15) is 5.82 Å². The second kappa shape index (κ2) is 5.60. The Bertz CT molecular complexity index is 422. The summed E-state index contributed by atoms with van der Waals surface area (Å²) in [4.78, 5) is 11.4. The molecule has 0 radical (unpaired) electrons. The van der Waals surface area contributed by atoms with E-state index in [-0.39, 0.29) is 18.6 Å². The highest BCUT2D eigenvalue weighted by atomic mass is 79.9. The molecule has 1 aromatic carbocycles. The molecule has 1 N–H and O–H groups in total. The first-order chi connectivity index (χ1) is 7.91. The molecule has 0 fully saturated rings. The molecule has 1 aromatic rings. The van der Waals surface area contributed by atoms with Crippen LogP contribution in [0, 0.1) is 5.82 Å². The molecule has 0 saturated heterocycles. The van der Waals surface area contributed by atoms with Crippen molar-refractivity contribution in [1.82, 2.24) is 0 Å². The van der Waals surface area contributed by atoms with Crippen LogP contribution in [0.15, 0.2) is 22.7 Å². The predicted molar refractivity (Wildman–Crippen MR) is 65.6 cm³/mol. The van der Waals surface area contributed by atoms with Crippen molar-refractivity contribution in [3.05, 3.63) is 34.1 Å². The lowest BCUT2D eigenvalue weighted by Crippen LogP contribution is -2.34. The van der Waals surface area contributed by atoms with Crippen molar-refractivity contribution >= 4 is 21.9 Å². The van der Waals surface area contributed by atoms with E-state index >= 15 is 0 Å². The molecule has 0 aliphatic heterocycles. The summed E-state index contributed by atoms with van der Waals surface area (Å²) in [6, 6.07) is 4.30. The third kappa shape index (κ3) is 3.04. The van der Waals surface area contributed by atoms with Crippen molar-refractivity contribution in [3.63, 3.8) is 0 Å². The van der Waals surface area contributed by atoms with E-state index in [1.807, 2.05) is 0 Å². The minimum absolute atomic E-state index is 0.163. The molecule has 1 rings (SSSR count). The van der Waals surface area contributed by atoms with Gasteiger partial charge in [0.15, 0.2) is 0 Å². The fraction of sp³-hybridized carbons (Fsp3) is 0.417. The molecule has 17 heavy (non-hydrogen) atoms. The molecule has 0 bridgehead atoms. The molecular weight excluding hydrogens is 291 g/mol. The number of carbonyl (C=O) groups is 1. The van der Waals surface area contributed by atoms with Crippen LogP contribution >= 0.6 is 15.9 Å². The van der Waals surface area contributed by atoms with Crippen molar-refractivity contribution in [2.24, 2.45) is 0 Å². The van der Waals surface area contributed by atoms with Crippen LogP contribution in [0.25, 0.3) is 0 Å². The Hall–Kier alpha value is -0.940. The summed E-state index contributed by atoms with van der Waals surface area (Å²) in [5.41, 5.74) is -1.12. The topological polar surface area (TPSA) is 46.5 Å². The molecule has 1 atom stereocenters. The minimum atomic E-state index is -1.29. The van der Waals surface area contributed by atoms with Gasteiger partial charge in [0.05, 0.1) is 5.41 Å². The van der Waals surface area contributed by atoms with Gasteiger partial charge in [0.25, 0.3) is 0 Å². The first-order valence-electron chi connectivity index (χ1n) is 5.09. The Balaban J connectivity index is 3.21. The van der Waals surface area contributed by atoms with Crippen LogP contribution in [0.5, 0.6) is 0 Å². The van der Waals surface area contributed by atoms with Gasteiger partial charge in [-0.05, 0) is 31.5 Å². The van der Waals surface area contributed by atoms with Crippen molar-refractivity contribution in [1.29, 1.82) is 0 Å². The van der Waals surface area contributed by atoms with E-state index in [0.717, 1.165) is 0 Å². The lowest BCUT2D eigenvalue weighted by Gasteiger charge is -2.25. The third-order valence-corrected chi connectivity index (χ3v) is 3.29. The first-order valence-corrected chi connectivity index (χ1v) is 5.89. The fourth-order valence-corrected chi connectivity index (χ4v) is 1.94. The van der Waals surface area contributed by atoms with Gasteiger partial charge >= 0.3 is 5.97 Å². The van der Waals surface area contributed by atoms with Crippen molar-refractivity contribution in [3.8, 4) is 0 Å². The van der Waals surface area contributed by atoms with Crippen LogP contribution in [0.2, 0.25) is 0 Å². The zero-order valence-corrected chi connectivity index (χ0v) is 11.3. The maximum absolute atomic E-state index is 13.7. The van der Waals surface area contributed by atoms with Crippen LogP contribution in [0.1, 0.15) is 18.9 Å². The van der Waals surface area contributed by atoms with Crippen LogP contribution in [-0.2, 0) is 14.9 Å². The van der Waals surface area contributed by atoms with E-state index in [2.05, 4.69) is 15.9 Å². The molecule has 0 aliphatic rings. The SMILES string of the molecule is COCCC(C)(C(=O)O)c1cc(Br)ccc1F. The molecule has 0 aliphatic carbocycles. The summed E-state index contributed by atoms with van der Waals surface area (Å²) < 4.78 is 19.3. The van der Waals surface area contributed by atoms with Gasteiger partial charge in [-0.1, -0.05) is 15.9 Å². The molecule has 3 nitrogen and oxygen atoms in total. The highest BCUT2D eigenvalue weighted by Crippen LogP contribution is 2.32. The van der Waals surface area contributed by atoms with E-state index in [0.29, 0.717) is 4.47 Å². The van der Waals surface area contributed by atoms with Crippen LogP contribution < -0.4 is 0 Å². The van der Waals surface area contributed by atoms with Gasteiger partial charge in [-0.2, -0.15) is 0 Å². The maximum Gasteiger partial charge on any atom is 0.314 e. The average Bonchev–Trinajstić information content (AvgIpc) is 2.29. The zero-order chi connectivity index (χ0) is 13.1. The highest BCUT2D eigenvalue weighted by Gasteiger charge is 2.37. The zero-order valence-electron chi connectivity index (χ0n) is 9.67. The van der Waals surface area contributed by atoms with Crippen LogP contribution in [0.3, 0.4) is 0 Å². The van der Waals surface area contributed by atoms with Gasteiger partial charge < -0.3 is 9.84 Å². The minimum Gasteiger partial charge on any atom is -0.481 e. The lowest BCUT2D eigenvalue weighted by molar-refractivity contribution is -0.144. The Morgan fingerprint density at radius 3 is 2.76 bits per heavy atom. The first kappa shape index (κ1) is 14.1. The van der Waals surface area contributed by atoms with Crippen molar-refractivity contribution in [2.45, 2.75) is 18.8 Å². The molecule has 0 heterocycles. The van der Waals surface area contributed by atoms with Gasteiger partial charge in [0, 0.05) is 23.8 Å². The normalized spacial score (nSPS) is 14.4. The maximum atomic E-state index is 13.7. The number of ether oxygens (including phenoxy) is 1. The van der Waals surface area contributed by atoms with E-state index < -0.39 is 17.2 Å². The van der Waals surface area contributed by atoms with Gasteiger partial charge in [-0.3, -0.25) is 4.79 Å². The number of rotatable bonds is 5. The Labute approximate surface area is 108 Å². The predicted octanol–water partition coefficient (Wildman–Crippen LogP) is 2.97. The van der Waals surface area contributed by atoms with Gasteiger partial charge in [-0.15, -0.1) is 0 Å². The average molecular weight is 305 g/mol. The second-order valence-electron chi connectivity index (χ2n) is 4.00. The van der Waals surface area contributed by atoms with Gasteiger partial charge in [0.2, 0.25) is 0 Å². The fourth-order valence-electron chi connectivity index (χ4n) is 1.58. The van der Waals surface area contributed by atoms with E-state index in [4.69, 9.17) is 4.74 Å². The van der Waals surface area contributed by atoms with Crippen LogP contribution in [0.4, 0.5) is 4.39 Å². The number of carboxylic acids is 1. The van der Waals surface area contributed by atoms with E-state index in [9.17, 15) is 14.3 Å². The summed E-state index contributed by atoms with van der Waals surface area (Å²) in [6.07, 6.45) is 0.214. The summed E-state index contributed by atoms with van der Waals surface area (Å²) in [5.74, 6) is -1.58. The molecule has 0 saturated carbocycles. The molecule has 0 spiro atoms. The van der Waals surface area contributed by atoms with E-state index in [1.54, 1.807) is 0 Å². The smallest absolute Gasteiger partial charge is 0.314 e. The van der Waals surface area contributed by atoms with Crippen molar-refractivity contribution < 1.29 is 19.0 Å². The molecule has 5 heteroatoms. The standard InChI is InChI=1S/C12H14BrFO3/c1-12(11(15)16,5-6-17-2)9-7-8(13)3-4-10(9)14/h3-4,7H,5-6H2,1-2H3,(H,15,16). The Morgan fingerprint density at radius 2 is 2.24 bits per heavy atom. The largest absolute Gasteiger partial charge is 0.481 e. The molecule has 94 valence electrons. The number of hydrogen-bond acceptors (Lipinski definition) is 2. The lowest BCUT2D eigenvalue weighted by atomic mass is 9.79. The quantitative estimate of drug-likeness (QED) is 0.909. The highest BCUT2D eigenvalue weighted by molar-refractivity contribution is 9.10. The second-order valence-corrected chi connectivity index (χ2v) is 4.92. The number of benzene rings is 1. The monoisotopic (exact) mass is 304 g/mol. The molecule has 1 unspecified atom stereocenters. The third-order valence-electron chi connectivity index (χ3n) is 2.80. The summed E-state index contributed by atoms with van der Waals surface area (Å²) in [6.45, 7) is 1.76. The number of hydrogen-bond donors (Lipinski definition) is 1. The van der Waals surface area contributed by atoms with Crippen LogP contribution in [-0.4, -0.2) is 24.8 Å². The number of carboxylic acid groups (broad SMARTS) is 1. The molecular formula is C12H14BrFO3. The number of halogens is 2. The van der Waals surface area contributed by atoms with E-state index in [1.165, 1.54) is 32.2 Å². The van der Waals surface area contributed by atoms with Gasteiger partial charge in [-0.25, -0.2) is 4.39 Å². The Kier molecular flexibility index (Phi) is 4.65. The van der Waals surface area contributed by atoms with Crippen molar-refractivity contribution in [2.75, 3.05) is 13.7 Å². The molecule has 0 aromatic heterocycles. The summed E-state index contributed by atoms with van der Waals surface area (Å²) >= 11 is 3.22. The summed E-state index contributed by atoms with van der Waals surface area (Å²) in [7, 11) is 1.49. The number of aliphatic carboxylic acids is 1. The molecule has 0 amide bonds. The summed E-state index contributed by atoms with van der Waals surface area (Å²) in [5, 5.41) is 9.29. The number of methoxy groups -OCH3 is 1.